The number of hydrogen-bond acceptors (Lipinski definition) is 3. The summed E-state index contributed by atoms with van der Waals surface area (Å²) in [6.45, 7) is 2.61. The highest BCUT2D eigenvalue weighted by Gasteiger charge is 2.17. The third-order valence-electron chi connectivity index (χ3n) is 2.69. The highest BCUT2D eigenvalue weighted by Crippen LogP contribution is 2.04. The molecule has 0 saturated carbocycles. The van der Waals surface area contributed by atoms with Crippen molar-refractivity contribution in [3.63, 3.8) is 0 Å². The van der Waals surface area contributed by atoms with Crippen molar-refractivity contribution in [1.29, 1.82) is 0 Å². The van der Waals surface area contributed by atoms with E-state index >= 15 is 0 Å². The summed E-state index contributed by atoms with van der Waals surface area (Å²) < 4.78 is 0. The van der Waals surface area contributed by atoms with E-state index in [2.05, 4.69) is 11.9 Å². The van der Waals surface area contributed by atoms with E-state index in [9.17, 15) is 4.79 Å². The quantitative estimate of drug-likeness (QED) is 0.814. The van der Waals surface area contributed by atoms with Crippen LogP contribution in [0.1, 0.15) is 31.9 Å². The van der Waals surface area contributed by atoms with Crippen LogP contribution in [-0.2, 0) is 11.3 Å². The van der Waals surface area contributed by atoms with Crippen molar-refractivity contribution < 1.29 is 4.79 Å². The zero-order valence-electron chi connectivity index (χ0n) is 10.6. The van der Waals surface area contributed by atoms with Crippen molar-refractivity contribution in [2.75, 3.05) is 7.05 Å². The Morgan fingerprint density at radius 2 is 2.29 bits per heavy atom. The van der Waals surface area contributed by atoms with E-state index in [0.29, 0.717) is 6.54 Å². The van der Waals surface area contributed by atoms with Crippen LogP contribution in [0.5, 0.6) is 0 Å². The van der Waals surface area contributed by atoms with Gasteiger partial charge in [0.1, 0.15) is 0 Å². The predicted molar refractivity (Wildman–Crippen MR) is 68.2 cm³/mol. The summed E-state index contributed by atoms with van der Waals surface area (Å²) in [7, 11) is 1.77. The van der Waals surface area contributed by atoms with Gasteiger partial charge in [-0.25, -0.2) is 0 Å². The van der Waals surface area contributed by atoms with Crippen LogP contribution in [0.25, 0.3) is 0 Å². The number of amides is 1. The van der Waals surface area contributed by atoms with Gasteiger partial charge in [0.05, 0.1) is 18.3 Å². The lowest BCUT2D eigenvalue weighted by Gasteiger charge is -2.20. The second-order valence-corrected chi connectivity index (χ2v) is 4.26. The minimum absolute atomic E-state index is 0.0101. The van der Waals surface area contributed by atoms with Crippen LogP contribution in [0.15, 0.2) is 24.4 Å². The summed E-state index contributed by atoms with van der Waals surface area (Å²) >= 11 is 0. The number of pyridine rings is 1. The molecule has 0 aliphatic rings. The number of likely N-dealkylation sites (N-methyl/N-ethyl adjacent to an activating group) is 1. The van der Waals surface area contributed by atoms with Crippen LogP contribution in [0.3, 0.4) is 0 Å². The standard InChI is InChI=1S/C13H21N3O/c1-3-4-8-12(14)13(17)16(2)10-11-7-5-6-9-15-11/h5-7,9,12H,3-4,8,10,14H2,1-2H3. The molecule has 1 aromatic rings. The summed E-state index contributed by atoms with van der Waals surface area (Å²) in [6, 6.07) is 5.29. The Balaban J connectivity index is 2.47. The Hall–Kier alpha value is -1.42. The molecule has 1 heterocycles. The van der Waals surface area contributed by atoms with Crippen molar-refractivity contribution in [1.82, 2.24) is 9.88 Å². The maximum atomic E-state index is 11.9. The average molecular weight is 235 g/mol. The molecule has 1 rings (SSSR count). The van der Waals surface area contributed by atoms with Gasteiger partial charge in [-0.3, -0.25) is 9.78 Å². The minimum Gasteiger partial charge on any atom is -0.339 e. The Morgan fingerprint density at radius 3 is 2.88 bits per heavy atom. The summed E-state index contributed by atoms with van der Waals surface area (Å²) in [5, 5.41) is 0. The van der Waals surface area contributed by atoms with Crippen LogP contribution in [-0.4, -0.2) is 28.9 Å². The van der Waals surface area contributed by atoms with Crippen LogP contribution < -0.4 is 5.73 Å². The van der Waals surface area contributed by atoms with Crippen molar-refractivity contribution in [2.24, 2.45) is 5.73 Å². The van der Waals surface area contributed by atoms with Gasteiger partial charge in [0.2, 0.25) is 5.91 Å². The van der Waals surface area contributed by atoms with Gasteiger partial charge in [-0.1, -0.05) is 25.8 Å². The van der Waals surface area contributed by atoms with Gasteiger partial charge >= 0.3 is 0 Å². The highest BCUT2D eigenvalue weighted by atomic mass is 16.2. The second-order valence-electron chi connectivity index (χ2n) is 4.26. The average Bonchev–Trinajstić information content (AvgIpc) is 2.36. The van der Waals surface area contributed by atoms with Crippen LogP contribution in [0.4, 0.5) is 0 Å². The summed E-state index contributed by atoms with van der Waals surface area (Å²) in [4.78, 5) is 17.8. The molecule has 0 bridgehead atoms. The van der Waals surface area contributed by atoms with Gasteiger partial charge in [-0.15, -0.1) is 0 Å². The van der Waals surface area contributed by atoms with Crippen molar-refractivity contribution >= 4 is 5.91 Å². The van der Waals surface area contributed by atoms with Gasteiger partial charge in [0.15, 0.2) is 0 Å². The Labute approximate surface area is 103 Å². The maximum absolute atomic E-state index is 11.9. The van der Waals surface area contributed by atoms with E-state index in [1.54, 1.807) is 18.1 Å². The van der Waals surface area contributed by atoms with E-state index in [0.717, 1.165) is 25.0 Å². The topological polar surface area (TPSA) is 59.2 Å². The Morgan fingerprint density at radius 1 is 1.53 bits per heavy atom. The first-order valence-corrected chi connectivity index (χ1v) is 6.05. The van der Waals surface area contributed by atoms with Crippen molar-refractivity contribution in [3.05, 3.63) is 30.1 Å². The van der Waals surface area contributed by atoms with E-state index in [-0.39, 0.29) is 11.9 Å². The number of nitrogens with zero attached hydrogens (tertiary/aromatic N) is 2. The van der Waals surface area contributed by atoms with Gasteiger partial charge < -0.3 is 10.6 Å². The van der Waals surface area contributed by atoms with E-state index in [1.165, 1.54) is 0 Å². The number of carbonyl (C=O) groups excluding carboxylic acids is 1. The molecule has 1 aromatic heterocycles. The molecule has 0 radical (unpaired) electrons. The van der Waals surface area contributed by atoms with Crippen molar-refractivity contribution in [3.8, 4) is 0 Å². The van der Waals surface area contributed by atoms with E-state index < -0.39 is 0 Å². The third kappa shape index (κ3) is 4.53. The van der Waals surface area contributed by atoms with Gasteiger partial charge in [0, 0.05) is 13.2 Å². The molecule has 4 nitrogen and oxygen atoms in total. The molecule has 1 amide bonds. The first-order valence-electron chi connectivity index (χ1n) is 6.05. The predicted octanol–water partition coefficient (Wildman–Crippen LogP) is 1.56. The first kappa shape index (κ1) is 13.6. The minimum atomic E-state index is -0.385. The van der Waals surface area contributed by atoms with Gasteiger partial charge in [-0.2, -0.15) is 0 Å². The maximum Gasteiger partial charge on any atom is 0.239 e. The number of carbonyl (C=O) groups is 1. The second kappa shape index (κ2) is 7.01. The molecule has 0 aliphatic heterocycles. The lowest BCUT2D eigenvalue weighted by Crippen LogP contribution is -2.41. The van der Waals surface area contributed by atoms with E-state index in [1.807, 2.05) is 18.2 Å². The molecule has 0 aliphatic carbocycles. The van der Waals surface area contributed by atoms with Crippen LogP contribution in [0, 0.1) is 0 Å². The van der Waals surface area contributed by atoms with Gasteiger partial charge in [-0.05, 0) is 18.6 Å². The third-order valence-corrected chi connectivity index (χ3v) is 2.69. The molecule has 17 heavy (non-hydrogen) atoms. The molecular weight excluding hydrogens is 214 g/mol. The lowest BCUT2D eigenvalue weighted by atomic mass is 10.1. The molecule has 0 spiro atoms. The fourth-order valence-electron chi connectivity index (χ4n) is 1.64. The molecule has 0 fully saturated rings. The normalized spacial score (nSPS) is 12.2. The molecule has 0 aromatic carbocycles. The fourth-order valence-corrected chi connectivity index (χ4v) is 1.64. The zero-order chi connectivity index (χ0) is 12.7. The molecule has 0 saturated heterocycles. The van der Waals surface area contributed by atoms with Crippen LogP contribution in [0.2, 0.25) is 0 Å². The SMILES string of the molecule is CCCCC(N)C(=O)N(C)Cc1ccccn1. The fraction of sp³-hybridized carbons (Fsp3) is 0.538. The van der Waals surface area contributed by atoms with E-state index in [4.69, 9.17) is 5.73 Å². The number of unbranched alkanes of at least 4 members (excludes halogenated alkanes) is 1. The Kier molecular flexibility index (Phi) is 5.63. The van der Waals surface area contributed by atoms with Crippen molar-refractivity contribution in [2.45, 2.75) is 38.8 Å². The van der Waals surface area contributed by atoms with Gasteiger partial charge in [0.25, 0.3) is 0 Å². The molecular formula is C13H21N3O. The first-order chi connectivity index (χ1) is 8.15. The zero-order valence-corrected chi connectivity index (χ0v) is 10.6. The Bertz CT molecular complexity index is 340. The molecule has 4 heteroatoms. The summed E-state index contributed by atoms with van der Waals surface area (Å²) in [5.74, 6) is -0.0101. The largest absolute Gasteiger partial charge is 0.339 e. The summed E-state index contributed by atoms with van der Waals surface area (Å²) in [5.41, 5.74) is 6.73. The smallest absolute Gasteiger partial charge is 0.239 e. The number of aromatic nitrogens is 1. The molecule has 94 valence electrons. The number of nitrogens with two attached hydrogens (primary N) is 1. The molecule has 2 N–H and O–H groups in total. The lowest BCUT2D eigenvalue weighted by molar-refractivity contribution is -0.132. The molecule has 1 unspecified atom stereocenters. The summed E-state index contributed by atoms with van der Waals surface area (Å²) in [6.07, 6.45) is 4.53. The monoisotopic (exact) mass is 235 g/mol. The highest BCUT2D eigenvalue weighted by molar-refractivity contribution is 5.81. The molecule has 1 atom stereocenters. The number of rotatable bonds is 6. The number of hydrogen-bond donors (Lipinski definition) is 1. The van der Waals surface area contributed by atoms with Crippen LogP contribution >= 0.6 is 0 Å².